The van der Waals surface area contributed by atoms with E-state index in [2.05, 4.69) is 25.8 Å². The number of nitriles is 1. The Kier molecular flexibility index (Phi) is 4.45. The van der Waals surface area contributed by atoms with Crippen molar-refractivity contribution in [3.63, 3.8) is 0 Å². The van der Waals surface area contributed by atoms with Crippen molar-refractivity contribution in [2.24, 2.45) is 5.41 Å². The molecule has 0 N–H and O–H groups in total. The van der Waals surface area contributed by atoms with Gasteiger partial charge in [-0.15, -0.1) is 0 Å². The van der Waals surface area contributed by atoms with Crippen LogP contribution in [0, 0.1) is 16.7 Å². The maximum atomic E-state index is 8.69. The predicted molar refractivity (Wildman–Crippen MR) is 62.7 cm³/mol. The van der Waals surface area contributed by atoms with Crippen LogP contribution in [0.1, 0.15) is 38.4 Å². The summed E-state index contributed by atoms with van der Waals surface area (Å²) in [5.41, 5.74) is 1.74. The first-order valence-corrected chi connectivity index (χ1v) is 5.44. The SMILES string of the molecule is CC(C)(C)CCOCc1ccnc(C#N)c1. The smallest absolute Gasteiger partial charge is 0.140 e. The molecule has 0 saturated heterocycles. The van der Waals surface area contributed by atoms with Crippen LogP contribution in [0.4, 0.5) is 0 Å². The summed E-state index contributed by atoms with van der Waals surface area (Å²) in [6.07, 6.45) is 2.67. The average molecular weight is 218 g/mol. The van der Waals surface area contributed by atoms with Gasteiger partial charge in [0.05, 0.1) is 6.61 Å². The Balaban J connectivity index is 2.35. The van der Waals surface area contributed by atoms with E-state index in [-0.39, 0.29) is 0 Å². The fourth-order valence-electron chi connectivity index (χ4n) is 1.19. The number of ether oxygens (including phenoxy) is 1. The fourth-order valence-corrected chi connectivity index (χ4v) is 1.19. The zero-order valence-electron chi connectivity index (χ0n) is 10.2. The van der Waals surface area contributed by atoms with Crippen LogP contribution < -0.4 is 0 Å². The first kappa shape index (κ1) is 12.7. The van der Waals surface area contributed by atoms with E-state index in [0.717, 1.165) is 18.6 Å². The van der Waals surface area contributed by atoms with Crippen molar-refractivity contribution < 1.29 is 4.74 Å². The Morgan fingerprint density at radius 1 is 1.44 bits per heavy atom. The summed E-state index contributed by atoms with van der Waals surface area (Å²) >= 11 is 0. The van der Waals surface area contributed by atoms with Crippen LogP contribution in [0.15, 0.2) is 18.3 Å². The lowest BCUT2D eigenvalue weighted by Crippen LogP contribution is -2.09. The molecule has 0 radical (unpaired) electrons. The Hall–Kier alpha value is -1.40. The number of rotatable bonds is 4. The Bertz CT molecular complexity index is 374. The molecule has 0 fully saturated rings. The fraction of sp³-hybridized carbons (Fsp3) is 0.538. The van der Waals surface area contributed by atoms with Crippen LogP contribution in [-0.4, -0.2) is 11.6 Å². The highest BCUT2D eigenvalue weighted by Gasteiger charge is 2.09. The third kappa shape index (κ3) is 4.90. The summed E-state index contributed by atoms with van der Waals surface area (Å²) < 4.78 is 5.56. The van der Waals surface area contributed by atoms with Gasteiger partial charge in [0.15, 0.2) is 0 Å². The van der Waals surface area contributed by atoms with Gasteiger partial charge in [0, 0.05) is 12.8 Å². The molecule has 0 aromatic carbocycles. The van der Waals surface area contributed by atoms with Gasteiger partial charge < -0.3 is 4.74 Å². The number of nitrogens with zero attached hydrogens (tertiary/aromatic N) is 2. The molecule has 0 atom stereocenters. The second-order valence-electron chi connectivity index (χ2n) is 5.02. The van der Waals surface area contributed by atoms with Crippen molar-refractivity contribution in [3.8, 4) is 6.07 Å². The summed E-state index contributed by atoms with van der Waals surface area (Å²) in [6.45, 7) is 7.87. The molecule has 0 bridgehead atoms. The average Bonchev–Trinajstić information content (AvgIpc) is 2.23. The van der Waals surface area contributed by atoms with Crippen molar-refractivity contribution in [2.75, 3.05) is 6.61 Å². The second kappa shape index (κ2) is 5.62. The van der Waals surface area contributed by atoms with Crippen molar-refractivity contribution in [1.29, 1.82) is 5.26 Å². The molecular formula is C13H18N2O. The van der Waals surface area contributed by atoms with Gasteiger partial charge in [0.1, 0.15) is 11.8 Å². The lowest BCUT2D eigenvalue weighted by Gasteiger charge is -2.17. The van der Waals surface area contributed by atoms with Crippen molar-refractivity contribution in [2.45, 2.75) is 33.8 Å². The van der Waals surface area contributed by atoms with Crippen LogP contribution in [0.25, 0.3) is 0 Å². The van der Waals surface area contributed by atoms with Crippen molar-refractivity contribution in [3.05, 3.63) is 29.6 Å². The lowest BCUT2D eigenvalue weighted by molar-refractivity contribution is 0.0962. The largest absolute Gasteiger partial charge is 0.377 e. The predicted octanol–water partition coefficient (Wildman–Crippen LogP) is 2.91. The van der Waals surface area contributed by atoms with Gasteiger partial charge in [-0.2, -0.15) is 5.26 Å². The molecule has 0 saturated carbocycles. The molecule has 0 aliphatic rings. The van der Waals surface area contributed by atoms with Crippen LogP contribution in [0.2, 0.25) is 0 Å². The summed E-state index contributed by atoms with van der Waals surface area (Å²) in [4.78, 5) is 3.91. The molecule has 0 aliphatic carbocycles. The zero-order valence-corrected chi connectivity index (χ0v) is 10.2. The molecular weight excluding hydrogens is 200 g/mol. The highest BCUT2D eigenvalue weighted by Crippen LogP contribution is 2.18. The molecule has 0 aliphatic heterocycles. The van der Waals surface area contributed by atoms with Crippen LogP contribution >= 0.6 is 0 Å². The van der Waals surface area contributed by atoms with E-state index in [1.54, 1.807) is 12.3 Å². The van der Waals surface area contributed by atoms with Gasteiger partial charge >= 0.3 is 0 Å². The van der Waals surface area contributed by atoms with Gasteiger partial charge in [-0.3, -0.25) is 0 Å². The van der Waals surface area contributed by atoms with E-state index in [9.17, 15) is 0 Å². The highest BCUT2D eigenvalue weighted by molar-refractivity contribution is 5.24. The minimum Gasteiger partial charge on any atom is -0.377 e. The van der Waals surface area contributed by atoms with Crippen LogP contribution in [0.5, 0.6) is 0 Å². The topological polar surface area (TPSA) is 45.9 Å². The minimum atomic E-state index is 0.302. The van der Waals surface area contributed by atoms with Gasteiger partial charge in [-0.1, -0.05) is 20.8 Å². The van der Waals surface area contributed by atoms with Crippen molar-refractivity contribution in [1.82, 2.24) is 4.98 Å². The van der Waals surface area contributed by atoms with E-state index in [4.69, 9.17) is 10.00 Å². The van der Waals surface area contributed by atoms with Crippen LogP contribution in [-0.2, 0) is 11.3 Å². The molecule has 0 amide bonds. The molecule has 86 valence electrons. The highest BCUT2D eigenvalue weighted by atomic mass is 16.5. The van der Waals surface area contributed by atoms with E-state index in [0.29, 0.717) is 17.7 Å². The maximum absolute atomic E-state index is 8.69. The molecule has 1 aromatic heterocycles. The molecule has 1 rings (SSSR count). The summed E-state index contributed by atoms with van der Waals surface area (Å²) in [7, 11) is 0. The van der Waals surface area contributed by atoms with Gasteiger partial charge in [-0.05, 0) is 29.5 Å². The van der Waals surface area contributed by atoms with E-state index in [1.165, 1.54) is 0 Å². The lowest BCUT2D eigenvalue weighted by atomic mass is 9.93. The second-order valence-corrected chi connectivity index (χ2v) is 5.02. The summed E-state index contributed by atoms with van der Waals surface area (Å²) in [5.74, 6) is 0. The van der Waals surface area contributed by atoms with Gasteiger partial charge in [0.2, 0.25) is 0 Å². The third-order valence-electron chi connectivity index (χ3n) is 2.20. The monoisotopic (exact) mass is 218 g/mol. The quantitative estimate of drug-likeness (QED) is 0.730. The van der Waals surface area contributed by atoms with E-state index in [1.807, 2.05) is 12.1 Å². The van der Waals surface area contributed by atoms with Gasteiger partial charge in [0.25, 0.3) is 0 Å². The number of aromatic nitrogens is 1. The standard InChI is InChI=1S/C13H18N2O/c1-13(2,3)5-7-16-10-11-4-6-15-12(8-11)9-14/h4,6,8H,5,7,10H2,1-3H3. The van der Waals surface area contributed by atoms with E-state index >= 15 is 0 Å². The molecule has 3 nitrogen and oxygen atoms in total. The van der Waals surface area contributed by atoms with E-state index < -0.39 is 0 Å². The Labute approximate surface area is 97.1 Å². The molecule has 0 spiro atoms. The minimum absolute atomic E-state index is 0.302. The third-order valence-corrected chi connectivity index (χ3v) is 2.20. The number of hydrogen-bond donors (Lipinski definition) is 0. The van der Waals surface area contributed by atoms with Gasteiger partial charge in [-0.25, -0.2) is 4.98 Å². The molecule has 1 aromatic rings. The summed E-state index contributed by atoms with van der Waals surface area (Å²) in [5, 5.41) is 8.69. The first-order chi connectivity index (χ1) is 7.51. The Morgan fingerprint density at radius 2 is 2.19 bits per heavy atom. The number of hydrogen-bond acceptors (Lipinski definition) is 3. The maximum Gasteiger partial charge on any atom is 0.140 e. The summed E-state index contributed by atoms with van der Waals surface area (Å²) in [6, 6.07) is 5.65. The van der Waals surface area contributed by atoms with Crippen molar-refractivity contribution >= 4 is 0 Å². The molecule has 0 unspecified atom stereocenters. The first-order valence-electron chi connectivity index (χ1n) is 5.44. The normalized spacial score (nSPS) is 11.1. The molecule has 16 heavy (non-hydrogen) atoms. The molecule has 3 heteroatoms. The van der Waals surface area contributed by atoms with Crippen LogP contribution in [0.3, 0.4) is 0 Å². The Morgan fingerprint density at radius 3 is 2.81 bits per heavy atom. The number of pyridine rings is 1. The zero-order chi connectivity index (χ0) is 12.0. The molecule has 1 heterocycles.